The summed E-state index contributed by atoms with van der Waals surface area (Å²) in [4.78, 5) is 0. The molecule has 2 aromatic carbocycles. The van der Waals surface area contributed by atoms with Crippen molar-refractivity contribution < 1.29 is 21.7 Å². The maximum absolute atomic E-state index is 7.50. The van der Waals surface area contributed by atoms with Crippen LogP contribution in [0.3, 0.4) is 0 Å². The second-order valence-electron chi connectivity index (χ2n) is 4.90. The van der Waals surface area contributed by atoms with Gasteiger partial charge in [0.2, 0.25) is 0 Å². The van der Waals surface area contributed by atoms with Crippen LogP contribution in [0.2, 0.25) is 0 Å². The molecule has 2 aromatic rings. The SMILES string of the molecule is P/C=C\[N-][C@@H](c1ccccc1)[C@@H]([N-]CCP)c1ccccc1.[C-]#[O+].[Fe+2]. The van der Waals surface area contributed by atoms with Gasteiger partial charge < -0.3 is 10.6 Å². The zero-order valence-corrected chi connectivity index (χ0v) is 17.2. The fourth-order valence-electron chi connectivity index (χ4n) is 2.39. The molecule has 0 N–H and O–H groups in total. The Bertz CT molecular complexity index is 609. The first-order chi connectivity index (χ1) is 11.9. The van der Waals surface area contributed by atoms with Crippen molar-refractivity contribution in [2.24, 2.45) is 0 Å². The molecule has 2 rings (SSSR count). The molecule has 0 saturated heterocycles. The van der Waals surface area contributed by atoms with Crippen LogP contribution in [0, 0.1) is 6.65 Å². The number of benzene rings is 2. The van der Waals surface area contributed by atoms with Gasteiger partial charge in [-0.05, 0) is 0 Å². The maximum Gasteiger partial charge on any atom is 2.00 e. The van der Waals surface area contributed by atoms with E-state index in [1.165, 1.54) is 11.1 Å². The van der Waals surface area contributed by atoms with Crippen molar-refractivity contribution in [3.8, 4) is 0 Å². The second kappa shape index (κ2) is 15.3. The van der Waals surface area contributed by atoms with E-state index in [1.54, 1.807) is 0 Å². The van der Waals surface area contributed by atoms with Gasteiger partial charge in [0.05, 0.1) is 0 Å². The van der Waals surface area contributed by atoms with Crippen molar-refractivity contribution in [2.75, 3.05) is 12.7 Å². The minimum atomic E-state index is -0.00282. The molecule has 0 heterocycles. The van der Waals surface area contributed by atoms with Crippen molar-refractivity contribution >= 4 is 18.5 Å². The third-order valence-corrected chi connectivity index (χ3v) is 3.80. The Kier molecular flexibility index (Phi) is 14.7. The van der Waals surface area contributed by atoms with Gasteiger partial charge in [-0.1, -0.05) is 83.8 Å². The molecule has 132 valence electrons. The van der Waals surface area contributed by atoms with E-state index >= 15 is 0 Å². The summed E-state index contributed by atoms with van der Waals surface area (Å²) in [5.74, 6) is 1.88. The normalized spacial score (nSPS) is 12.3. The average Bonchev–Trinajstić information content (AvgIpc) is 2.67. The Balaban J connectivity index is 0.00000185. The van der Waals surface area contributed by atoms with E-state index < -0.39 is 0 Å². The Labute approximate surface area is 166 Å². The summed E-state index contributed by atoms with van der Waals surface area (Å²) >= 11 is 0. The predicted molar refractivity (Wildman–Crippen MR) is 107 cm³/mol. The van der Waals surface area contributed by atoms with Crippen molar-refractivity contribution in [1.29, 1.82) is 0 Å². The van der Waals surface area contributed by atoms with E-state index in [4.69, 9.17) is 15.3 Å². The average molecular weight is 412 g/mol. The summed E-state index contributed by atoms with van der Waals surface area (Å²) in [7, 11) is 5.31. The topological polar surface area (TPSA) is 48.1 Å². The van der Waals surface area contributed by atoms with Crippen LogP contribution in [0.1, 0.15) is 23.2 Å². The smallest absolute Gasteiger partial charge is 2.00 e. The van der Waals surface area contributed by atoms with Gasteiger partial charge in [0.1, 0.15) is 0 Å². The van der Waals surface area contributed by atoms with Gasteiger partial charge in [-0.25, -0.2) is 0 Å². The Hall–Kier alpha value is -0.941. The molecule has 0 spiro atoms. The van der Waals surface area contributed by atoms with Crippen molar-refractivity contribution in [1.82, 2.24) is 0 Å². The zero-order valence-electron chi connectivity index (χ0n) is 13.8. The first kappa shape index (κ1) is 24.1. The van der Waals surface area contributed by atoms with Crippen LogP contribution in [0.25, 0.3) is 10.6 Å². The van der Waals surface area contributed by atoms with Gasteiger partial charge in [-0.3, -0.25) is 0 Å². The van der Waals surface area contributed by atoms with E-state index in [-0.39, 0.29) is 29.2 Å². The molecule has 0 bridgehead atoms. The minimum Gasteiger partial charge on any atom is 2.00 e. The molecule has 0 aliphatic heterocycles. The minimum absolute atomic E-state index is 0. The van der Waals surface area contributed by atoms with Gasteiger partial charge in [0.25, 0.3) is 0 Å². The van der Waals surface area contributed by atoms with Crippen LogP contribution in [0.4, 0.5) is 0 Å². The predicted octanol–water partition coefficient (Wildman–Crippen LogP) is 5.40. The van der Waals surface area contributed by atoms with E-state index in [9.17, 15) is 0 Å². The van der Waals surface area contributed by atoms with Crippen LogP contribution in [0.5, 0.6) is 0 Å². The summed E-state index contributed by atoms with van der Waals surface area (Å²) in [6.45, 7) is 5.31. The quantitative estimate of drug-likeness (QED) is 0.241. The fraction of sp³-hybridized carbons (Fsp3) is 0.211. The molecule has 0 fully saturated rings. The molecule has 25 heavy (non-hydrogen) atoms. The van der Waals surface area contributed by atoms with Crippen LogP contribution in [-0.2, 0) is 21.7 Å². The molecular weight excluding hydrogens is 390 g/mol. The molecule has 3 nitrogen and oxygen atoms in total. The first-order valence-electron chi connectivity index (χ1n) is 7.60. The summed E-state index contributed by atoms with van der Waals surface area (Å²) in [5.41, 5.74) is 2.39. The molecular formula is C19H22FeN2OP2. The molecule has 6 heteroatoms. The van der Waals surface area contributed by atoms with E-state index in [0.717, 1.165) is 12.7 Å². The maximum atomic E-state index is 7.50. The molecule has 0 aliphatic carbocycles. The van der Waals surface area contributed by atoms with Crippen LogP contribution in [0.15, 0.2) is 72.7 Å². The molecule has 2 unspecified atom stereocenters. The summed E-state index contributed by atoms with van der Waals surface area (Å²) < 4.78 is 7.50. The Morgan fingerprint density at radius 3 is 1.84 bits per heavy atom. The molecule has 0 aromatic heterocycles. The van der Waals surface area contributed by atoms with Gasteiger partial charge in [0, 0.05) is 0 Å². The summed E-state index contributed by atoms with van der Waals surface area (Å²) in [6, 6.07) is 20.8. The van der Waals surface area contributed by atoms with Gasteiger partial charge >= 0.3 is 28.4 Å². The second-order valence-corrected chi connectivity index (χ2v) is 5.86. The van der Waals surface area contributed by atoms with Crippen molar-refractivity contribution in [3.63, 3.8) is 0 Å². The zero-order chi connectivity index (χ0) is 17.6. The molecule has 0 saturated carbocycles. The van der Waals surface area contributed by atoms with E-state index in [2.05, 4.69) is 73.7 Å². The fourth-order valence-corrected chi connectivity index (χ4v) is 2.64. The molecule has 0 amide bonds. The molecule has 0 aliphatic rings. The molecule has 4 atom stereocenters. The van der Waals surface area contributed by atoms with Crippen LogP contribution < -0.4 is 0 Å². The van der Waals surface area contributed by atoms with Crippen LogP contribution >= 0.6 is 18.5 Å². The number of rotatable bonds is 8. The van der Waals surface area contributed by atoms with Gasteiger partial charge in [-0.15, -0.1) is 37.1 Å². The number of hydrogen-bond donors (Lipinski definition) is 0. The Morgan fingerprint density at radius 2 is 1.40 bits per heavy atom. The van der Waals surface area contributed by atoms with Gasteiger partial charge in [0.15, 0.2) is 0 Å². The van der Waals surface area contributed by atoms with E-state index in [1.807, 2.05) is 24.1 Å². The third kappa shape index (κ3) is 8.32. The largest absolute Gasteiger partial charge is 2.00 e. The standard InChI is InChI=1S/C18H22N2P2.CO.Fe/c21-13-11-19-17(15-7-3-1-4-8-15)18(20-12-14-22)16-9-5-2-6-10-16;1-2;/h1-11,13,17-18H,12,14,21-22H2;;/q-2;;+2/b13-11-;;/t17-,18-;;/m0../s1. The van der Waals surface area contributed by atoms with Crippen molar-refractivity contribution in [3.05, 3.63) is 101 Å². The first-order valence-corrected chi connectivity index (χ1v) is 9.09. The monoisotopic (exact) mass is 412 g/mol. The van der Waals surface area contributed by atoms with Crippen molar-refractivity contribution in [2.45, 2.75) is 12.1 Å². The summed E-state index contributed by atoms with van der Waals surface area (Å²) in [5, 5.41) is 9.63. The number of nitrogens with zero attached hydrogens (tertiary/aromatic N) is 2. The van der Waals surface area contributed by atoms with Crippen LogP contribution in [-0.4, -0.2) is 12.7 Å². The van der Waals surface area contributed by atoms with Gasteiger partial charge in [-0.2, -0.15) is 6.20 Å². The third-order valence-electron chi connectivity index (χ3n) is 3.37. The number of hydrogen-bond acceptors (Lipinski definition) is 0. The summed E-state index contributed by atoms with van der Waals surface area (Å²) in [6.07, 6.45) is 2.80. The Morgan fingerprint density at radius 1 is 0.920 bits per heavy atom. The molecule has 0 radical (unpaired) electrons. The van der Waals surface area contributed by atoms with E-state index in [0.29, 0.717) is 0 Å².